The summed E-state index contributed by atoms with van der Waals surface area (Å²) in [6, 6.07) is 0.410. The lowest BCUT2D eigenvalue weighted by Crippen LogP contribution is -2.58. The van der Waals surface area contributed by atoms with Crippen LogP contribution in [0.25, 0.3) is 0 Å². The van der Waals surface area contributed by atoms with Gasteiger partial charge >= 0.3 is 0 Å². The lowest BCUT2D eigenvalue weighted by Gasteiger charge is -2.39. The fourth-order valence-corrected chi connectivity index (χ4v) is 3.40. The molecule has 1 saturated carbocycles. The van der Waals surface area contributed by atoms with Crippen molar-refractivity contribution in [2.75, 3.05) is 39.3 Å². The molecule has 0 aromatic carbocycles. The van der Waals surface area contributed by atoms with Crippen molar-refractivity contribution in [1.29, 1.82) is 0 Å². The van der Waals surface area contributed by atoms with Crippen LogP contribution >= 0.6 is 0 Å². The lowest BCUT2D eigenvalue weighted by molar-refractivity contribution is -0.154. The maximum Gasteiger partial charge on any atom is 0.253 e. The first-order valence-electron chi connectivity index (χ1n) is 7.66. The van der Waals surface area contributed by atoms with Gasteiger partial charge in [0.1, 0.15) is 6.10 Å². The van der Waals surface area contributed by atoms with Gasteiger partial charge < -0.3 is 19.9 Å². The highest BCUT2D eigenvalue weighted by Crippen LogP contribution is 2.25. The number of hydrogen-bond acceptors (Lipinski definition) is 4. The zero-order valence-corrected chi connectivity index (χ0v) is 11.8. The molecule has 1 atom stereocenters. The second kappa shape index (κ2) is 6.10. The molecule has 20 heavy (non-hydrogen) atoms. The Balaban J connectivity index is 1.55. The zero-order chi connectivity index (χ0) is 13.9. The van der Waals surface area contributed by atoms with Gasteiger partial charge in [-0.25, -0.2) is 0 Å². The Bertz CT molecular complexity index is 376. The Morgan fingerprint density at radius 2 is 2.05 bits per heavy atom. The molecule has 0 spiro atoms. The van der Waals surface area contributed by atoms with E-state index in [2.05, 4.69) is 5.32 Å². The fourth-order valence-electron chi connectivity index (χ4n) is 3.40. The molecule has 1 aliphatic carbocycles. The number of carbonyl (C=O) groups excluding carboxylic acids is 2. The van der Waals surface area contributed by atoms with Gasteiger partial charge in [0.05, 0.1) is 13.2 Å². The van der Waals surface area contributed by atoms with Crippen molar-refractivity contribution in [3.63, 3.8) is 0 Å². The van der Waals surface area contributed by atoms with Gasteiger partial charge in [-0.05, 0) is 12.8 Å². The molecule has 3 fully saturated rings. The Hall–Kier alpha value is -1.14. The van der Waals surface area contributed by atoms with E-state index in [9.17, 15) is 9.59 Å². The summed E-state index contributed by atoms with van der Waals surface area (Å²) in [6.07, 6.45) is 4.26. The van der Waals surface area contributed by atoms with E-state index in [4.69, 9.17) is 4.74 Å². The molecule has 0 aromatic rings. The molecule has 0 radical (unpaired) electrons. The number of piperazine rings is 1. The number of amides is 2. The molecule has 3 aliphatic rings. The second-order valence-electron chi connectivity index (χ2n) is 5.85. The van der Waals surface area contributed by atoms with Gasteiger partial charge in [-0.15, -0.1) is 0 Å². The average molecular weight is 281 g/mol. The minimum absolute atomic E-state index is 0.0448. The van der Waals surface area contributed by atoms with Crippen molar-refractivity contribution < 1.29 is 14.3 Å². The molecule has 2 heterocycles. The summed E-state index contributed by atoms with van der Waals surface area (Å²) in [5, 5.41) is 3.15. The average Bonchev–Trinajstić information content (AvgIpc) is 3.01. The number of ether oxygens (including phenoxy) is 1. The molecule has 6 nitrogen and oxygen atoms in total. The molecular weight excluding hydrogens is 258 g/mol. The van der Waals surface area contributed by atoms with Crippen molar-refractivity contribution in [2.24, 2.45) is 0 Å². The number of nitrogens with one attached hydrogen (secondary N) is 1. The van der Waals surface area contributed by atoms with Gasteiger partial charge in [0, 0.05) is 32.2 Å². The van der Waals surface area contributed by atoms with Crippen LogP contribution < -0.4 is 5.32 Å². The van der Waals surface area contributed by atoms with E-state index in [0.717, 1.165) is 19.4 Å². The Morgan fingerprint density at radius 3 is 2.70 bits per heavy atom. The van der Waals surface area contributed by atoms with Crippen LogP contribution in [-0.4, -0.2) is 73.1 Å². The quantitative estimate of drug-likeness (QED) is 0.747. The first-order valence-corrected chi connectivity index (χ1v) is 7.66. The van der Waals surface area contributed by atoms with Crippen LogP contribution in [0.15, 0.2) is 0 Å². The van der Waals surface area contributed by atoms with E-state index in [1.54, 1.807) is 4.90 Å². The minimum Gasteiger partial charge on any atom is -0.366 e. The van der Waals surface area contributed by atoms with Crippen LogP contribution in [0.2, 0.25) is 0 Å². The van der Waals surface area contributed by atoms with Crippen LogP contribution in [0.5, 0.6) is 0 Å². The summed E-state index contributed by atoms with van der Waals surface area (Å²) < 4.78 is 5.48. The highest BCUT2D eigenvalue weighted by molar-refractivity contribution is 5.88. The summed E-state index contributed by atoms with van der Waals surface area (Å²) in [5.74, 6) is 0.0527. The zero-order valence-electron chi connectivity index (χ0n) is 11.8. The van der Waals surface area contributed by atoms with E-state index in [0.29, 0.717) is 32.3 Å². The van der Waals surface area contributed by atoms with Crippen LogP contribution in [0.1, 0.15) is 25.7 Å². The normalized spacial score (nSPS) is 29.0. The van der Waals surface area contributed by atoms with Crippen LogP contribution in [0.3, 0.4) is 0 Å². The number of hydrogen-bond donors (Lipinski definition) is 1. The summed E-state index contributed by atoms with van der Waals surface area (Å²) >= 11 is 0. The van der Waals surface area contributed by atoms with E-state index < -0.39 is 6.10 Å². The topological polar surface area (TPSA) is 61.9 Å². The molecular formula is C14H23N3O3. The highest BCUT2D eigenvalue weighted by atomic mass is 16.5. The van der Waals surface area contributed by atoms with Crippen molar-refractivity contribution in [3.8, 4) is 0 Å². The van der Waals surface area contributed by atoms with Crippen molar-refractivity contribution in [3.05, 3.63) is 0 Å². The summed E-state index contributed by atoms with van der Waals surface area (Å²) in [4.78, 5) is 28.2. The van der Waals surface area contributed by atoms with E-state index in [-0.39, 0.29) is 18.4 Å². The smallest absolute Gasteiger partial charge is 0.253 e. The molecule has 1 N–H and O–H groups in total. The Kier molecular flexibility index (Phi) is 4.21. The molecule has 0 unspecified atom stereocenters. The number of morpholine rings is 1. The third-order valence-electron chi connectivity index (χ3n) is 4.54. The standard InChI is InChI=1S/C14H23N3O3/c18-13-10-16(14(19)12-9-15-5-8-20-12)6-7-17(13)11-3-1-2-4-11/h11-12,15H,1-10H2/t12-/m1/s1. The molecule has 0 aromatic heterocycles. The summed E-state index contributed by atoms with van der Waals surface area (Å²) in [7, 11) is 0. The molecule has 6 heteroatoms. The number of carbonyl (C=O) groups is 2. The van der Waals surface area contributed by atoms with Gasteiger partial charge in [-0.3, -0.25) is 9.59 Å². The van der Waals surface area contributed by atoms with Gasteiger partial charge in [0.2, 0.25) is 5.91 Å². The predicted octanol–water partition coefficient (Wildman–Crippen LogP) is -0.412. The van der Waals surface area contributed by atoms with Gasteiger partial charge in [-0.1, -0.05) is 12.8 Å². The lowest BCUT2D eigenvalue weighted by atomic mass is 10.1. The SMILES string of the molecule is O=C([C@H]1CNCCO1)N1CCN(C2CCCC2)C(=O)C1. The number of nitrogens with zero attached hydrogens (tertiary/aromatic N) is 2. The monoisotopic (exact) mass is 281 g/mol. The highest BCUT2D eigenvalue weighted by Gasteiger charge is 2.35. The Labute approximate surface area is 119 Å². The van der Waals surface area contributed by atoms with Crippen molar-refractivity contribution in [2.45, 2.75) is 37.8 Å². The second-order valence-corrected chi connectivity index (χ2v) is 5.85. The van der Waals surface area contributed by atoms with Crippen LogP contribution in [0.4, 0.5) is 0 Å². The van der Waals surface area contributed by atoms with Crippen LogP contribution in [-0.2, 0) is 14.3 Å². The van der Waals surface area contributed by atoms with E-state index >= 15 is 0 Å². The number of rotatable bonds is 2. The first kappa shape index (κ1) is 13.8. The maximum absolute atomic E-state index is 12.3. The summed E-state index contributed by atoms with van der Waals surface area (Å²) in [5.41, 5.74) is 0. The van der Waals surface area contributed by atoms with Gasteiger partial charge in [0.25, 0.3) is 5.91 Å². The van der Waals surface area contributed by atoms with Gasteiger partial charge in [-0.2, -0.15) is 0 Å². The molecule has 0 bridgehead atoms. The molecule has 2 amide bonds. The van der Waals surface area contributed by atoms with Crippen molar-refractivity contribution in [1.82, 2.24) is 15.1 Å². The minimum atomic E-state index is -0.422. The van der Waals surface area contributed by atoms with Gasteiger partial charge in [0.15, 0.2) is 0 Å². The first-order chi connectivity index (χ1) is 9.75. The fraction of sp³-hybridized carbons (Fsp3) is 0.857. The summed E-state index contributed by atoms with van der Waals surface area (Å²) in [6.45, 7) is 3.44. The largest absolute Gasteiger partial charge is 0.366 e. The van der Waals surface area contributed by atoms with Crippen LogP contribution in [0, 0.1) is 0 Å². The van der Waals surface area contributed by atoms with Crippen molar-refractivity contribution >= 4 is 11.8 Å². The predicted molar refractivity (Wildman–Crippen MR) is 73.2 cm³/mol. The van der Waals surface area contributed by atoms with E-state index in [1.807, 2.05) is 4.90 Å². The third kappa shape index (κ3) is 2.81. The maximum atomic E-state index is 12.3. The Morgan fingerprint density at radius 1 is 1.25 bits per heavy atom. The van der Waals surface area contributed by atoms with E-state index in [1.165, 1.54) is 12.8 Å². The third-order valence-corrected chi connectivity index (χ3v) is 4.54. The molecule has 2 saturated heterocycles. The molecule has 2 aliphatic heterocycles. The molecule has 112 valence electrons. The molecule has 3 rings (SSSR count).